The average molecular weight is 328 g/mol. The SMILES string of the molecule is CCC1CCC(NC(=NC)NCC2(SC)CCOCC2)CC1. The quantitative estimate of drug-likeness (QED) is 0.602. The number of guanidine groups is 1. The van der Waals surface area contributed by atoms with Crippen LogP contribution in [0, 0.1) is 5.92 Å². The van der Waals surface area contributed by atoms with Gasteiger partial charge in [0.05, 0.1) is 0 Å². The fourth-order valence-electron chi connectivity index (χ4n) is 3.54. The Kier molecular flexibility index (Phi) is 7.35. The third-order valence-electron chi connectivity index (χ3n) is 5.40. The van der Waals surface area contributed by atoms with E-state index in [1.807, 2.05) is 18.8 Å². The summed E-state index contributed by atoms with van der Waals surface area (Å²) in [6.45, 7) is 5.06. The van der Waals surface area contributed by atoms with Crippen LogP contribution in [0.2, 0.25) is 0 Å². The lowest BCUT2D eigenvalue weighted by molar-refractivity contribution is 0.0782. The minimum absolute atomic E-state index is 0.301. The van der Waals surface area contributed by atoms with E-state index in [1.165, 1.54) is 32.1 Å². The first kappa shape index (κ1) is 17.9. The van der Waals surface area contributed by atoms with Gasteiger partial charge < -0.3 is 15.4 Å². The van der Waals surface area contributed by atoms with E-state index in [0.717, 1.165) is 44.5 Å². The second-order valence-electron chi connectivity index (χ2n) is 6.70. The summed E-state index contributed by atoms with van der Waals surface area (Å²) < 4.78 is 5.82. The molecule has 0 aromatic carbocycles. The second-order valence-corrected chi connectivity index (χ2v) is 7.97. The molecule has 0 spiro atoms. The van der Waals surface area contributed by atoms with Crippen LogP contribution in [0.25, 0.3) is 0 Å². The lowest BCUT2D eigenvalue weighted by atomic mass is 9.84. The lowest BCUT2D eigenvalue weighted by Crippen LogP contribution is -2.50. The zero-order chi connectivity index (χ0) is 15.8. The Hall–Kier alpha value is -0.420. The molecule has 128 valence electrons. The van der Waals surface area contributed by atoms with Gasteiger partial charge in [-0.15, -0.1) is 0 Å². The summed E-state index contributed by atoms with van der Waals surface area (Å²) in [6, 6.07) is 0.592. The Morgan fingerprint density at radius 1 is 1.23 bits per heavy atom. The summed E-state index contributed by atoms with van der Waals surface area (Å²) in [4.78, 5) is 4.43. The molecule has 1 aliphatic carbocycles. The van der Waals surface area contributed by atoms with Crippen LogP contribution in [0.4, 0.5) is 0 Å². The topological polar surface area (TPSA) is 45.7 Å². The summed E-state index contributed by atoms with van der Waals surface area (Å²) >= 11 is 1.97. The minimum atomic E-state index is 0.301. The standard InChI is InChI=1S/C17H33N3OS/c1-4-14-5-7-15(8-6-14)20-16(18-2)19-13-17(22-3)9-11-21-12-10-17/h14-15H,4-13H2,1-3H3,(H2,18,19,20). The molecule has 1 saturated carbocycles. The Morgan fingerprint density at radius 2 is 1.91 bits per heavy atom. The minimum Gasteiger partial charge on any atom is -0.381 e. The molecule has 0 atom stereocenters. The zero-order valence-electron chi connectivity index (χ0n) is 14.5. The third-order valence-corrected chi connectivity index (χ3v) is 6.82. The molecule has 2 fully saturated rings. The van der Waals surface area contributed by atoms with E-state index < -0.39 is 0 Å². The molecule has 1 heterocycles. The van der Waals surface area contributed by atoms with Crippen LogP contribution in [0.5, 0.6) is 0 Å². The van der Waals surface area contributed by atoms with E-state index in [1.54, 1.807) is 0 Å². The van der Waals surface area contributed by atoms with Gasteiger partial charge in [0, 0.05) is 37.6 Å². The first-order chi connectivity index (χ1) is 10.7. The molecular weight excluding hydrogens is 294 g/mol. The molecule has 0 aromatic heterocycles. The fourth-order valence-corrected chi connectivity index (χ4v) is 4.34. The summed E-state index contributed by atoms with van der Waals surface area (Å²) in [6.07, 6.45) is 11.1. The van der Waals surface area contributed by atoms with Crippen molar-refractivity contribution in [3.8, 4) is 0 Å². The highest BCUT2D eigenvalue weighted by Crippen LogP contribution is 2.33. The van der Waals surface area contributed by atoms with Crippen molar-refractivity contribution in [2.45, 2.75) is 62.7 Å². The monoisotopic (exact) mass is 327 g/mol. The Labute approximate surface area is 140 Å². The van der Waals surface area contributed by atoms with Crippen molar-refractivity contribution >= 4 is 17.7 Å². The number of hydrogen-bond acceptors (Lipinski definition) is 3. The molecule has 0 bridgehead atoms. The molecule has 4 nitrogen and oxygen atoms in total. The van der Waals surface area contributed by atoms with Gasteiger partial charge in [0.2, 0.25) is 0 Å². The van der Waals surface area contributed by atoms with Gasteiger partial charge in [-0.3, -0.25) is 4.99 Å². The Morgan fingerprint density at radius 3 is 2.45 bits per heavy atom. The molecule has 0 amide bonds. The van der Waals surface area contributed by atoms with Crippen LogP contribution in [0.15, 0.2) is 4.99 Å². The van der Waals surface area contributed by atoms with Crippen LogP contribution in [0.3, 0.4) is 0 Å². The summed E-state index contributed by atoms with van der Waals surface area (Å²) in [5.74, 6) is 1.91. The van der Waals surface area contributed by atoms with Gasteiger partial charge in [0.25, 0.3) is 0 Å². The van der Waals surface area contributed by atoms with Crippen molar-refractivity contribution in [3.63, 3.8) is 0 Å². The van der Waals surface area contributed by atoms with Gasteiger partial charge in [0.15, 0.2) is 5.96 Å². The Bertz CT molecular complexity index is 348. The van der Waals surface area contributed by atoms with Gasteiger partial charge in [-0.05, 0) is 50.7 Å². The number of thioether (sulfide) groups is 1. The highest BCUT2D eigenvalue weighted by molar-refractivity contribution is 8.00. The van der Waals surface area contributed by atoms with Crippen molar-refractivity contribution in [2.75, 3.05) is 33.1 Å². The number of aliphatic imine (C=N–C) groups is 1. The van der Waals surface area contributed by atoms with Gasteiger partial charge in [-0.2, -0.15) is 11.8 Å². The molecule has 1 saturated heterocycles. The van der Waals surface area contributed by atoms with Crippen LogP contribution in [-0.4, -0.2) is 49.8 Å². The van der Waals surface area contributed by atoms with Gasteiger partial charge in [-0.1, -0.05) is 13.3 Å². The van der Waals surface area contributed by atoms with Gasteiger partial charge >= 0.3 is 0 Å². The maximum atomic E-state index is 5.51. The molecular formula is C17H33N3OS. The number of hydrogen-bond donors (Lipinski definition) is 2. The highest BCUT2D eigenvalue weighted by Gasteiger charge is 2.32. The maximum absolute atomic E-state index is 5.51. The Balaban J connectivity index is 1.77. The number of nitrogens with zero attached hydrogens (tertiary/aromatic N) is 1. The first-order valence-electron chi connectivity index (χ1n) is 8.81. The molecule has 0 aromatic rings. The zero-order valence-corrected chi connectivity index (χ0v) is 15.3. The normalized spacial score (nSPS) is 29.1. The third kappa shape index (κ3) is 5.05. The maximum Gasteiger partial charge on any atom is 0.191 e. The fraction of sp³-hybridized carbons (Fsp3) is 0.941. The second kappa shape index (κ2) is 9.02. The highest BCUT2D eigenvalue weighted by atomic mass is 32.2. The molecule has 2 N–H and O–H groups in total. The predicted octanol–water partition coefficient (Wildman–Crippen LogP) is 3.03. The predicted molar refractivity (Wildman–Crippen MR) is 96.8 cm³/mol. The average Bonchev–Trinajstić information content (AvgIpc) is 2.60. The molecule has 0 unspecified atom stereocenters. The lowest BCUT2D eigenvalue weighted by Gasteiger charge is -2.36. The molecule has 2 rings (SSSR count). The van der Waals surface area contributed by atoms with E-state index in [0.29, 0.717) is 10.8 Å². The van der Waals surface area contributed by atoms with Crippen LogP contribution < -0.4 is 10.6 Å². The molecule has 5 heteroatoms. The smallest absolute Gasteiger partial charge is 0.191 e. The number of rotatable bonds is 5. The first-order valence-corrected chi connectivity index (χ1v) is 10.0. The van der Waals surface area contributed by atoms with Crippen molar-refractivity contribution in [3.05, 3.63) is 0 Å². The van der Waals surface area contributed by atoms with E-state index >= 15 is 0 Å². The molecule has 2 aliphatic rings. The van der Waals surface area contributed by atoms with Crippen LogP contribution in [-0.2, 0) is 4.74 Å². The molecule has 1 aliphatic heterocycles. The van der Waals surface area contributed by atoms with E-state index in [2.05, 4.69) is 28.8 Å². The van der Waals surface area contributed by atoms with Crippen LogP contribution in [0.1, 0.15) is 51.9 Å². The van der Waals surface area contributed by atoms with Crippen molar-refractivity contribution in [1.29, 1.82) is 0 Å². The van der Waals surface area contributed by atoms with Crippen molar-refractivity contribution < 1.29 is 4.74 Å². The van der Waals surface area contributed by atoms with Gasteiger partial charge in [0.1, 0.15) is 0 Å². The summed E-state index contributed by atoms with van der Waals surface area (Å²) in [7, 11) is 1.88. The number of nitrogens with one attached hydrogen (secondary N) is 2. The largest absolute Gasteiger partial charge is 0.381 e. The van der Waals surface area contributed by atoms with E-state index in [4.69, 9.17) is 4.74 Å². The summed E-state index contributed by atoms with van der Waals surface area (Å²) in [5, 5.41) is 7.20. The number of ether oxygens (including phenoxy) is 1. The van der Waals surface area contributed by atoms with Crippen molar-refractivity contribution in [2.24, 2.45) is 10.9 Å². The van der Waals surface area contributed by atoms with E-state index in [9.17, 15) is 0 Å². The van der Waals surface area contributed by atoms with E-state index in [-0.39, 0.29) is 0 Å². The van der Waals surface area contributed by atoms with Crippen LogP contribution >= 0.6 is 11.8 Å². The van der Waals surface area contributed by atoms with Crippen molar-refractivity contribution in [1.82, 2.24) is 10.6 Å². The van der Waals surface area contributed by atoms with Gasteiger partial charge in [-0.25, -0.2) is 0 Å². The molecule has 0 radical (unpaired) electrons. The molecule has 22 heavy (non-hydrogen) atoms. The summed E-state index contributed by atoms with van der Waals surface area (Å²) in [5.41, 5.74) is 0.